The summed E-state index contributed by atoms with van der Waals surface area (Å²) in [7, 11) is 0. The van der Waals surface area contributed by atoms with Crippen molar-refractivity contribution in [3.05, 3.63) is 63.5 Å². The first kappa shape index (κ1) is 32.3. The molecule has 238 valence electrons. The van der Waals surface area contributed by atoms with Gasteiger partial charge in [-0.3, -0.25) is 0 Å². The minimum atomic E-state index is -0.499. The van der Waals surface area contributed by atoms with Crippen LogP contribution in [0, 0.1) is 19.8 Å². The topological polar surface area (TPSA) is 64.1 Å². The zero-order valence-corrected chi connectivity index (χ0v) is 28.6. The average molecular weight is 620 g/mol. The lowest BCUT2D eigenvalue weighted by Crippen LogP contribution is -2.40. The first-order chi connectivity index (χ1) is 20.8. The molecule has 2 aliphatic rings. The number of ether oxygens (including phenoxy) is 3. The number of rotatable bonds is 7. The summed E-state index contributed by atoms with van der Waals surface area (Å²) in [5.74, 6) is 1.49. The maximum Gasteiger partial charge on any atom is 0.410 e. The monoisotopic (exact) mass is 619 g/mol. The molecule has 0 spiro atoms. The Morgan fingerprint density at radius 1 is 1.00 bits per heavy atom. The molecule has 44 heavy (non-hydrogen) atoms. The molecular weight excluding hydrogens is 570 g/mol. The maximum absolute atomic E-state index is 12.7. The van der Waals surface area contributed by atoms with Crippen LogP contribution in [0.5, 0.6) is 5.75 Å². The molecule has 0 bridgehead atoms. The van der Waals surface area contributed by atoms with Crippen molar-refractivity contribution in [3.63, 3.8) is 0 Å². The summed E-state index contributed by atoms with van der Waals surface area (Å²) in [5, 5.41) is 3.24. The molecule has 0 atom stereocenters. The van der Waals surface area contributed by atoms with Gasteiger partial charge in [0.1, 0.15) is 18.0 Å². The van der Waals surface area contributed by atoms with Crippen molar-refractivity contribution in [2.45, 2.75) is 99.0 Å². The zero-order chi connectivity index (χ0) is 31.6. The van der Waals surface area contributed by atoms with Crippen molar-refractivity contribution in [1.82, 2.24) is 9.88 Å². The number of thiazole rings is 1. The molecular formula is C36H49N3O4S. The fourth-order valence-corrected chi connectivity index (χ4v) is 6.78. The van der Waals surface area contributed by atoms with Gasteiger partial charge in [0.25, 0.3) is 0 Å². The van der Waals surface area contributed by atoms with Crippen molar-refractivity contribution >= 4 is 22.6 Å². The average Bonchev–Trinajstić information content (AvgIpc) is 3.44. The van der Waals surface area contributed by atoms with Gasteiger partial charge in [0.2, 0.25) is 0 Å². The SMILES string of the molecule is Cc1cc(COc2c(C)cccc2-c2csc(N3CCC(COC(C)(C)C)CC3)n2)cc2c1CN(C(=O)OC(C)(C)C)CC2. The Labute approximate surface area is 267 Å². The van der Waals surface area contributed by atoms with Crippen LogP contribution in [-0.4, -0.2) is 53.4 Å². The third kappa shape index (κ3) is 8.13. The molecule has 3 aromatic rings. The second kappa shape index (κ2) is 13.1. The summed E-state index contributed by atoms with van der Waals surface area (Å²) in [6.45, 7) is 20.9. The molecule has 0 radical (unpaired) electrons. The summed E-state index contributed by atoms with van der Waals surface area (Å²) in [6.07, 6.45) is 2.82. The van der Waals surface area contributed by atoms with Crippen molar-refractivity contribution in [2.75, 3.05) is 31.1 Å². The summed E-state index contributed by atoms with van der Waals surface area (Å²) in [5.41, 5.74) is 7.32. The van der Waals surface area contributed by atoms with E-state index in [1.54, 1.807) is 11.3 Å². The van der Waals surface area contributed by atoms with E-state index in [2.05, 4.69) is 75.2 Å². The van der Waals surface area contributed by atoms with Crippen molar-refractivity contribution in [2.24, 2.45) is 5.92 Å². The number of aromatic nitrogens is 1. The Hall–Kier alpha value is -3.10. The molecule has 2 aliphatic heterocycles. The number of benzene rings is 2. The highest BCUT2D eigenvalue weighted by atomic mass is 32.1. The number of para-hydroxylation sites is 1. The van der Waals surface area contributed by atoms with Crippen LogP contribution in [0.4, 0.5) is 9.93 Å². The van der Waals surface area contributed by atoms with Gasteiger partial charge in [-0.05, 0) is 114 Å². The molecule has 1 aromatic heterocycles. The highest BCUT2D eigenvalue weighted by Gasteiger charge is 2.27. The van der Waals surface area contributed by atoms with Gasteiger partial charge in [-0.25, -0.2) is 9.78 Å². The first-order valence-corrected chi connectivity index (χ1v) is 16.8. The summed E-state index contributed by atoms with van der Waals surface area (Å²) in [6, 6.07) is 10.7. The van der Waals surface area contributed by atoms with Crippen LogP contribution in [0.15, 0.2) is 35.7 Å². The first-order valence-electron chi connectivity index (χ1n) is 15.9. The van der Waals surface area contributed by atoms with Crippen LogP contribution < -0.4 is 9.64 Å². The van der Waals surface area contributed by atoms with E-state index in [9.17, 15) is 4.79 Å². The van der Waals surface area contributed by atoms with Crippen LogP contribution in [0.1, 0.15) is 82.2 Å². The summed E-state index contributed by atoms with van der Waals surface area (Å²) < 4.78 is 18.2. The van der Waals surface area contributed by atoms with E-state index in [0.717, 1.165) is 72.2 Å². The molecule has 1 amide bonds. The van der Waals surface area contributed by atoms with Crippen LogP contribution in [0.3, 0.4) is 0 Å². The smallest absolute Gasteiger partial charge is 0.410 e. The molecule has 3 heterocycles. The molecule has 0 unspecified atom stereocenters. The third-order valence-electron chi connectivity index (χ3n) is 8.28. The van der Waals surface area contributed by atoms with Gasteiger partial charge < -0.3 is 24.0 Å². The minimum absolute atomic E-state index is 0.0845. The fraction of sp³-hybridized carbons (Fsp3) is 0.556. The van der Waals surface area contributed by atoms with Gasteiger partial charge in [-0.15, -0.1) is 11.3 Å². The quantitative estimate of drug-likeness (QED) is 0.265. The third-order valence-corrected chi connectivity index (χ3v) is 9.18. The highest BCUT2D eigenvalue weighted by Crippen LogP contribution is 2.37. The standard InChI is InChI=1S/C36H49N3O4S/c1-24-10-9-11-29(31-23-44-33(37-31)38-15-12-26(13-16-38)22-42-35(3,4)5)32(24)41-21-27-18-25(2)30-20-39(17-14-28(30)19-27)34(40)43-36(6,7)8/h9-11,18-19,23,26H,12-17,20-22H2,1-8H3. The summed E-state index contributed by atoms with van der Waals surface area (Å²) >= 11 is 1.71. The predicted octanol–water partition coefficient (Wildman–Crippen LogP) is 8.33. The highest BCUT2D eigenvalue weighted by molar-refractivity contribution is 7.14. The number of hydrogen-bond acceptors (Lipinski definition) is 7. The van der Waals surface area contributed by atoms with E-state index in [4.69, 9.17) is 19.2 Å². The predicted molar refractivity (Wildman–Crippen MR) is 179 cm³/mol. The van der Waals surface area contributed by atoms with Gasteiger partial charge in [0.15, 0.2) is 5.13 Å². The molecule has 1 fully saturated rings. The zero-order valence-electron chi connectivity index (χ0n) is 27.8. The lowest BCUT2D eigenvalue weighted by atomic mass is 9.93. The second-order valence-electron chi connectivity index (χ2n) is 14.3. The summed E-state index contributed by atoms with van der Waals surface area (Å²) in [4.78, 5) is 22.0. The lowest BCUT2D eigenvalue weighted by Gasteiger charge is -2.33. The van der Waals surface area contributed by atoms with Crippen LogP contribution >= 0.6 is 11.3 Å². The van der Waals surface area contributed by atoms with Crippen LogP contribution in [-0.2, 0) is 29.0 Å². The lowest BCUT2D eigenvalue weighted by molar-refractivity contribution is -0.0257. The Morgan fingerprint density at radius 3 is 2.45 bits per heavy atom. The number of carbonyl (C=O) groups is 1. The number of aryl methyl sites for hydroxylation is 2. The molecule has 2 aromatic carbocycles. The van der Waals surface area contributed by atoms with Crippen LogP contribution in [0.25, 0.3) is 11.3 Å². The number of piperidine rings is 1. The van der Waals surface area contributed by atoms with Gasteiger partial charge in [-0.2, -0.15) is 0 Å². The molecule has 1 saturated heterocycles. The van der Waals surface area contributed by atoms with E-state index in [0.29, 0.717) is 25.6 Å². The maximum atomic E-state index is 12.7. The van der Waals surface area contributed by atoms with Crippen molar-refractivity contribution in [1.29, 1.82) is 0 Å². The van der Waals surface area contributed by atoms with E-state index in [1.165, 1.54) is 16.7 Å². The number of carbonyl (C=O) groups excluding carboxylic acids is 1. The van der Waals surface area contributed by atoms with E-state index in [-0.39, 0.29) is 11.7 Å². The molecule has 5 rings (SSSR count). The van der Waals surface area contributed by atoms with Gasteiger partial charge in [0, 0.05) is 37.1 Å². The number of nitrogens with zero attached hydrogens (tertiary/aromatic N) is 3. The van der Waals surface area contributed by atoms with Crippen LogP contribution in [0.2, 0.25) is 0 Å². The Balaban J connectivity index is 1.24. The Kier molecular flexibility index (Phi) is 9.61. The Morgan fingerprint density at radius 2 is 1.75 bits per heavy atom. The molecule has 7 nitrogen and oxygen atoms in total. The largest absolute Gasteiger partial charge is 0.488 e. The minimum Gasteiger partial charge on any atom is -0.488 e. The van der Waals surface area contributed by atoms with E-state index in [1.807, 2.05) is 25.7 Å². The number of fused-ring (bicyclic) bond motifs is 1. The number of hydrogen-bond donors (Lipinski definition) is 0. The molecule has 0 saturated carbocycles. The normalized spacial score (nSPS) is 16.2. The van der Waals surface area contributed by atoms with Gasteiger partial charge in [-0.1, -0.05) is 24.3 Å². The van der Waals surface area contributed by atoms with E-state index < -0.39 is 5.60 Å². The van der Waals surface area contributed by atoms with Crippen molar-refractivity contribution in [3.8, 4) is 17.0 Å². The number of amides is 1. The second-order valence-corrected chi connectivity index (χ2v) is 15.1. The van der Waals surface area contributed by atoms with Crippen molar-refractivity contribution < 1.29 is 19.0 Å². The fourth-order valence-electron chi connectivity index (χ4n) is 5.90. The number of anilines is 1. The van der Waals surface area contributed by atoms with E-state index >= 15 is 0 Å². The van der Waals surface area contributed by atoms with Gasteiger partial charge >= 0.3 is 6.09 Å². The van der Waals surface area contributed by atoms with Gasteiger partial charge in [0.05, 0.1) is 17.9 Å². The Bertz CT molecular complexity index is 1460. The molecule has 0 N–H and O–H groups in total. The molecule has 8 heteroatoms. The molecule has 0 aliphatic carbocycles.